The number of rotatable bonds is 9. The highest BCUT2D eigenvalue weighted by Crippen LogP contribution is 2.33. The third-order valence-electron chi connectivity index (χ3n) is 5.02. The number of imidazole rings is 1. The van der Waals surface area contributed by atoms with Gasteiger partial charge in [-0.3, -0.25) is 0 Å². The molecule has 0 fully saturated rings. The third kappa shape index (κ3) is 5.26. The number of aromatic nitrogens is 2. The molecule has 0 aliphatic rings. The van der Waals surface area contributed by atoms with Crippen LogP contribution in [0, 0.1) is 11.6 Å². The Kier molecular flexibility index (Phi) is 7.11. The Balaban J connectivity index is 1.57. The molecule has 1 aromatic heterocycles. The predicted molar refractivity (Wildman–Crippen MR) is 123 cm³/mol. The predicted octanol–water partition coefficient (Wildman–Crippen LogP) is 6.60. The van der Waals surface area contributed by atoms with Crippen molar-refractivity contribution in [3.63, 3.8) is 0 Å². The van der Waals surface area contributed by atoms with Crippen molar-refractivity contribution >= 4 is 22.6 Å². The van der Waals surface area contributed by atoms with Crippen molar-refractivity contribution in [3.8, 4) is 11.5 Å². The first-order valence-electron chi connectivity index (χ1n) is 10.6. The maximum atomic E-state index is 13.9. The van der Waals surface area contributed by atoms with Gasteiger partial charge in [0.1, 0.15) is 41.7 Å². The molecule has 0 spiro atoms. The summed E-state index contributed by atoms with van der Waals surface area (Å²) in [6.07, 6.45) is -0.481. The summed E-state index contributed by atoms with van der Waals surface area (Å²) in [6.45, 7) is 4.71. The summed E-state index contributed by atoms with van der Waals surface area (Å²) in [7, 11) is 0. The second-order valence-corrected chi connectivity index (χ2v) is 7.69. The van der Waals surface area contributed by atoms with E-state index in [0.717, 1.165) is 40.5 Å². The average molecular weight is 473 g/mol. The Bertz CT molecular complexity index is 1260. The van der Waals surface area contributed by atoms with E-state index >= 15 is 0 Å². The number of H-pyrrole nitrogens is 1. The van der Waals surface area contributed by atoms with Crippen LogP contribution in [0.25, 0.3) is 11.0 Å². The molecule has 1 N–H and O–H groups in total. The van der Waals surface area contributed by atoms with Gasteiger partial charge < -0.3 is 19.2 Å². The van der Waals surface area contributed by atoms with Gasteiger partial charge in [0, 0.05) is 18.2 Å². The number of ether oxygens (including phenoxy) is 3. The zero-order valence-electron chi connectivity index (χ0n) is 18.2. The maximum Gasteiger partial charge on any atom is 0.141 e. The van der Waals surface area contributed by atoms with Crippen molar-refractivity contribution in [3.05, 3.63) is 88.2 Å². The molecular weight excluding hydrogens is 450 g/mol. The first-order chi connectivity index (χ1) is 16.0. The highest BCUT2D eigenvalue weighted by molar-refractivity contribution is 6.32. The molecule has 172 valence electrons. The van der Waals surface area contributed by atoms with Crippen LogP contribution in [-0.2, 0) is 11.3 Å². The number of nitrogens with zero attached hydrogens (tertiary/aromatic N) is 1. The normalized spacial score (nSPS) is 12.2. The zero-order chi connectivity index (χ0) is 23.4. The minimum Gasteiger partial charge on any atom is -0.494 e. The lowest BCUT2D eigenvalue weighted by Crippen LogP contribution is -2.08. The van der Waals surface area contributed by atoms with E-state index in [1.54, 1.807) is 12.1 Å². The van der Waals surface area contributed by atoms with Gasteiger partial charge in [-0.05, 0) is 61.9 Å². The van der Waals surface area contributed by atoms with Gasteiger partial charge in [-0.25, -0.2) is 13.8 Å². The Morgan fingerprint density at radius 1 is 0.970 bits per heavy atom. The summed E-state index contributed by atoms with van der Waals surface area (Å²) in [6, 6.07) is 14.1. The van der Waals surface area contributed by atoms with E-state index < -0.39 is 17.7 Å². The molecule has 0 saturated heterocycles. The molecule has 0 bridgehead atoms. The smallest absolute Gasteiger partial charge is 0.141 e. The first-order valence-corrected chi connectivity index (χ1v) is 11.0. The summed E-state index contributed by atoms with van der Waals surface area (Å²) in [5.74, 6) is 0.654. The lowest BCUT2D eigenvalue weighted by atomic mass is 10.1. The van der Waals surface area contributed by atoms with Crippen LogP contribution in [0.15, 0.2) is 54.6 Å². The van der Waals surface area contributed by atoms with Crippen molar-refractivity contribution in [2.24, 2.45) is 0 Å². The van der Waals surface area contributed by atoms with Gasteiger partial charge >= 0.3 is 0 Å². The SMILES string of the molecule is CCOc1ccc2[nH]c(C(OCC)c3ccc(OCc4cc(F)ccc4F)c(Cl)c3)nc2c1. The fourth-order valence-corrected chi connectivity index (χ4v) is 3.74. The molecule has 5 nitrogen and oxygen atoms in total. The van der Waals surface area contributed by atoms with Gasteiger partial charge in [-0.2, -0.15) is 0 Å². The highest BCUT2D eigenvalue weighted by Gasteiger charge is 2.20. The van der Waals surface area contributed by atoms with E-state index in [1.165, 1.54) is 0 Å². The molecule has 1 heterocycles. The van der Waals surface area contributed by atoms with Crippen LogP contribution in [0.4, 0.5) is 8.78 Å². The van der Waals surface area contributed by atoms with E-state index in [4.69, 9.17) is 25.8 Å². The van der Waals surface area contributed by atoms with Crippen LogP contribution in [0.3, 0.4) is 0 Å². The monoisotopic (exact) mass is 472 g/mol. The Hall–Kier alpha value is -3.16. The minimum absolute atomic E-state index is 0.107. The van der Waals surface area contributed by atoms with Gasteiger partial charge in [0.25, 0.3) is 0 Å². The van der Waals surface area contributed by atoms with Gasteiger partial charge in [0.05, 0.1) is 22.7 Å². The van der Waals surface area contributed by atoms with Crippen molar-refractivity contribution in [1.29, 1.82) is 0 Å². The number of hydrogen-bond acceptors (Lipinski definition) is 4. The summed E-state index contributed by atoms with van der Waals surface area (Å²) < 4.78 is 44.4. The molecule has 8 heteroatoms. The van der Waals surface area contributed by atoms with Crippen LogP contribution >= 0.6 is 11.6 Å². The number of aromatic amines is 1. The zero-order valence-corrected chi connectivity index (χ0v) is 19.0. The fraction of sp³-hybridized carbons (Fsp3) is 0.240. The lowest BCUT2D eigenvalue weighted by molar-refractivity contribution is 0.0859. The van der Waals surface area contributed by atoms with Gasteiger partial charge in [-0.15, -0.1) is 0 Å². The summed E-state index contributed by atoms with van der Waals surface area (Å²) in [4.78, 5) is 7.98. The molecule has 0 aliphatic heterocycles. The van der Waals surface area contributed by atoms with E-state index in [-0.39, 0.29) is 12.2 Å². The van der Waals surface area contributed by atoms with E-state index in [2.05, 4.69) is 9.97 Å². The average Bonchev–Trinajstić information content (AvgIpc) is 3.22. The highest BCUT2D eigenvalue weighted by atomic mass is 35.5. The fourth-order valence-electron chi connectivity index (χ4n) is 3.49. The van der Waals surface area contributed by atoms with Crippen molar-refractivity contribution in [1.82, 2.24) is 9.97 Å². The van der Waals surface area contributed by atoms with E-state index in [0.29, 0.717) is 29.8 Å². The quantitative estimate of drug-likeness (QED) is 0.298. The number of hydrogen-bond donors (Lipinski definition) is 1. The number of fused-ring (bicyclic) bond motifs is 1. The van der Waals surface area contributed by atoms with Gasteiger partial charge in [0.15, 0.2) is 0 Å². The number of benzene rings is 3. The second-order valence-electron chi connectivity index (χ2n) is 7.28. The Morgan fingerprint density at radius 3 is 2.58 bits per heavy atom. The standard InChI is InChI=1S/C25H23ClF2N2O3/c1-3-31-18-7-9-21-22(13-18)30-25(29-21)24(32-4-2)15-5-10-23(19(26)12-15)33-14-16-11-17(27)6-8-20(16)28/h5-13,24H,3-4,14H2,1-2H3,(H,29,30). The Morgan fingerprint density at radius 2 is 1.82 bits per heavy atom. The molecule has 3 aromatic carbocycles. The minimum atomic E-state index is -0.544. The molecule has 4 rings (SSSR count). The number of halogens is 3. The van der Waals surface area contributed by atoms with Crippen molar-refractivity contribution in [2.75, 3.05) is 13.2 Å². The lowest BCUT2D eigenvalue weighted by Gasteiger charge is -2.17. The molecule has 33 heavy (non-hydrogen) atoms. The molecule has 0 amide bonds. The summed E-state index contributed by atoms with van der Waals surface area (Å²) in [5, 5.41) is 0.323. The summed E-state index contributed by atoms with van der Waals surface area (Å²) >= 11 is 6.44. The van der Waals surface area contributed by atoms with Crippen LogP contribution < -0.4 is 9.47 Å². The molecule has 0 radical (unpaired) electrons. The summed E-state index contributed by atoms with van der Waals surface area (Å²) in [5.41, 5.74) is 2.51. The van der Waals surface area contributed by atoms with Crippen LogP contribution in [-0.4, -0.2) is 23.2 Å². The van der Waals surface area contributed by atoms with Crippen LogP contribution in [0.1, 0.15) is 36.9 Å². The molecule has 4 aromatic rings. The molecule has 1 atom stereocenters. The largest absolute Gasteiger partial charge is 0.494 e. The second kappa shape index (κ2) is 10.2. The van der Waals surface area contributed by atoms with E-state index in [1.807, 2.05) is 38.1 Å². The van der Waals surface area contributed by atoms with Crippen LogP contribution in [0.2, 0.25) is 5.02 Å². The van der Waals surface area contributed by atoms with Crippen molar-refractivity contribution < 1.29 is 23.0 Å². The molecule has 0 saturated carbocycles. The Labute approximate surface area is 195 Å². The molecule has 1 unspecified atom stereocenters. The molecular formula is C25H23ClF2N2O3. The number of nitrogens with one attached hydrogen (secondary N) is 1. The van der Waals surface area contributed by atoms with E-state index in [9.17, 15) is 8.78 Å². The third-order valence-corrected chi connectivity index (χ3v) is 5.31. The molecule has 0 aliphatic carbocycles. The topological polar surface area (TPSA) is 56.4 Å². The van der Waals surface area contributed by atoms with Crippen LogP contribution in [0.5, 0.6) is 11.5 Å². The van der Waals surface area contributed by atoms with Gasteiger partial charge in [0.2, 0.25) is 0 Å². The first kappa shape index (κ1) is 23.0. The maximum absolute atomic E-state index is 13.9. The van der Waals surface area contributed by atoms with Gasteiger partial charge in [-0.1, -0.05) is 17.7 Å². The van der Waals surface area contributed by atoms with Crippen molar-refractivity contribution in [2.45, 2.75) is 26.6 Å².